The molecule has 1 aromatic heterocycles. The Bertz CT molecular complexity index is 744. The molecule has 130 valence electrons. The van der Waals surface area contributed by atoms with Crippen molar-refractivity contribution in [3.63, 3.8) is 0 Å². The zero-order valence-corrected chi connectivity index (χ0v) is 14.0. The number of piperidine rings is 1. The summed E-state index contributed by atoms with van der Waals surface area (Å²) in [7, 11) is 0. The van der Waals surface area contributed by atoms with Crippen LogP contribution in [0.4, 0.5) is 18.3 Å². The van der Waals surface area contributed by atoms with E-state index in [2.05, 4.69) is 11.1 Å². The predicted molar refractivity (Wildman–Crippen MR) is 88.4 cm³/mol. The molecule has 1 aliphatic rings. The highest BCUT2D eigenvalue weighted by Gasteiger charge is 2.32. The molecule has 4 nitrogen and oxygen atoms in total. The molecule has 1 atom stereocenters. The van der Waals surface area contributed by atoms with Gasteiger partial charge < -0.3 is 10.2 Å². The van der Waals surface area contributed by atoms with Gasteiger partial charge in [-0.1, -0.05) is 17.4 Å². The molecule has 0 spiro atoms. The van der Waals surface area contributed by atoms with E-state index >= 15 is 0 Å². The standard InChI is InChI=1S/C16H18F3N3OS/c1-10-4-5-12-13(7-10)24-15(21-12)22-6-2-3-11(8-22)14(23)20-9-16(17,18)19/h4-5,7,11H,2-3,6,8-9H2,1H3,(H,20,23). The van der Waals surface area contributed by atoms with E-state index in [9.17, 15) is 18.0 Å². The quantitative estimate of drug-likeness (QED) is 0.914. The van der Waals surface area contributed by atoms with Crippen LogP contribution in [0.15, 0.2) is 18.2 Å². The number of anilines is 1. The number of aromatic nitrogens is 1. The van der Waals surface area contributed by atoms with Crippen LogP contribution in [0.2, 0.25) is 0 Å². The Labute approximate surface area is 141 Å². The summed E-state index contributed by atoms with van der Waals surface area (Å²) in [6.45, 7) is 1.91. The minimum Gasteiger partial charge on any atom is -0.347 e. The average Bonchev–Trinajstić information content (AvgIpc) is 2.95. The number of carbonyl (C=O) groups is 1. The van der Waals surface area contributed by atoms with E-state index in [-0.39, 0.29) is 0 Å². The summed E-state index contributed by atoms with van der Waals surface area (Å²) in [5, 5.41) is 2.81. The molecule has 1 saturated heterocycles. The van der Waals surface area contributed by atoms with Crippen LogP contribution in [-0.4, -0.2) is 36.7 Å². The number of halogens is 3. The lowest BCUT2D eigenvalue weighted by Gasteiger charge is -2.31. The second-order valence-electron chi connectivity index (χ2n) is 6.09. The Kier molecular flexibility index (Phi) is 4.67. The molecule has 1 aliphatic heterocycles. The highest BCUT2D eigenvalue weighted by molar-refractivity contribution is 7.22. The normalized spacial score (nSPS) is 18.8. The fraction of sp³-hybridized carbons (Fsp3) is 0.500. The van der Waals surface area contributed by atoms with E-state index in [4.69, 9.17) is 0 Å². The van der Waals surface area contributed by atoms with Crippen molar-refractivity contribution >= 4 is 32.6 Å². The molecule has 1 aromatic carbocycles. The monoisotopic (exact) mass is 357 g/mol. The summed E-state index contributed by atoms with van der Waals surface area (Å²) < 4.78 is 37.8. The molecule has 1 unspecified atom stereocenters. The summed E-state index contributed by atoms with van der Waals surface area (Å²) in [6.07, 6.45) is -3.02. The molecular formula is C16H18F3N3OS. The fourth-order valence-electron chi connectivity index (χ4n) is 2.85. The summed E-state index contributed by atoms with van der Waals surface area (Å²) in [5.74, 6) is -0.969. The van der Waals surface area contributed by atoms with Crippen LogP contribution >= 0.6 is 11.3 Å². The lowest BCUT2D eigenvalue weighted by Crippen LogP contribution is -2.45. The summed E-state index contributed by atoms with van der Waals surface area (Å²) >= 11 is 1.55. The van der Waals surface area contributed by atoms with Crippen molar-refractivity contribution in [2.75, 3.05) is 24.5 Å². The van der Waals surface area contributed by atoms with Crippen LogP contribution in [0.25, 0.3) is 10.2 Å². The van der Waals surface area contributed by atoms with Crippen molar-refractivity contribution in [2.24, 2.45) is 5.92 Å². The molecule has 2 aromatic rings. The number of benzene rings is 1. The van der Waals surface area contributed by atoms with Crippen molar-refractivity contribution in [3.05, 3.63) is 23.8 Å². The second kappa shape index (κ2) is 6.58. The van der Waals surface area contributed by atoms with E-state index in [1.165, 1.54) is 0 Å². The number of carbonyl (C=O) groups excluding carboxylic acids is 1. The predicted octanol–water partition coefficient (Wildman–Crippen LogP) is 3.50. The zero-order valence-electron chi connectivity index (χ0n) is 13.2. The van der Waals surface area contributed by atoms with Gasteiger partial charge in [-0.25, -0.2) is 4.98 Å². The zero-order chi connectivity index (χ0) is 17.3. The number of hydrogen-bond donors (Lipinski definition) is 1. The summed E-state index contributed by atoms with van der Waals surface area (Å²) in [5.41, 5.74) is 2.06. The van der Waals surface area contributed by atoms with Gasteiger partial charge in [0.1, 0.15) is 6.54 Å². The van der Waals surface area contributed by atoms with E-state index in [0.29, 0.717) is 13.0 Å². The van der Waals surface area contributed by atoms with Crippen molar-refractivity contribution < 1.29 is 18.0 Å². The maximum absolute atomic E-state index is 12.2. The Balaban J connectivity index is 1.69. The average molecular weight is 357 g/mol. The molecule has 0 bridgehead atoms. The third kappa shape index (κ3) is 3.98. The van der Waals surface area contributed by atoms with Crippen LogP contribution < -0.4 is 10.2 Å². The third-order valence-electron chi connectivity index (χ3n) is 4.06. The third-order valence-corrected chi connectivity index (χ3v) is 5.14. The van der Waals surface area contributed by atoms with E-state index in [1.54, 1.807) is 11.3 Å². The number of rotatable bonds is 3. The maximum atomic E-state index is 12.2. The topological polar surface area (TPSA) is 45.2 Å². The van der Waals surface area contributed by atoms with E-state index < -0.39 is 24.5 Å². The van der Waals surface area contributed by atoms with Crippen LogP contribution in [0.5, 0.6) is 0 Å². The Morgan fingerprint density at radius 1 is 1.46 bits per heavy atom. The minimum atomic E-state index is -4.38. The molecule has 1 amide bonds. The van der Waals surface area contributed by atoms with Gasteiger partial charge >= 0.3 is 6.18 Å². The Morgan fingerprint density at radius 3 is 3.00 bits per heavy atom. The minimum absolute atomic E-state index is 0.405. The van der Waals surface area contributed by atoms with Gasteiger partial charge in [-0.15, -0.1) is 0 Å². The molecule has 1 fully saturated rings. The summed E-state index contributed by atoms with van der Waals surface area (Å²) in [4.78, 5) is 18.6. The number of hydrogen-bond acceptors (Lipinski definition) is 4. The number of alkyl halides is 3. The number of nitrogens with zero attached hydrogens (tertiary/aromatic N) is 2. The van der Waals surface area contributed by atoms with Gasteiger partial charge in [0, 0.05) is 13.1 Å². The van der Waals surface area contributed by atoms with Crippen molar-refractivity contribution in [1.82, 2.24) is 10.3 Å². The van der Waals surface area contributed by atoms with Crippen molar-refractivity contribution in [3.8, 4) is 0 Å². The maximum Gasteiger partial charge on any atom is 0.405 e. The van der Waals surface area contributed by atoms with Gasteiger partial charge in [0.05, 0.1) is 16.1 Å². The second-order valence-corrected chi connectivity index (χ2v) is 7.09. The van der Waals surface area contributed by atoms with Crippen LogP contribution in [0, 0.1) is 12.8 Å². The molecule has 0 aliphatic carbocycles. The summed E-state index contributed by atoms with van der Waals surface area (Å²) in [6, 6.07) is 6.02. The van der Waals surface area contributed by atoms with Gasteiger partial charge in [-0.3, -0.25) is 4.79 Å². The van der Waals surface area contributed by atoms with Gasteiger partial charge in [-0.05, 0) is 37.5 Å². The highest BCUT2D eigenvalue weighted by Crippen LogP contribution is 2.32. The lowest BCUT2D eigenvalue weighted by atomic mass is 9.97. The first-order chi connectivity index (χ1) is 11.3. The Hall–Kier alpha value is -1.83. The van der Waals surface area contributed by atoms with Gasteiger partial charge in [-0.2, -0.15) is 13.2 Å². The van der Waals surface area contributed by atoms with Crippen LogP contribution in [0.1, 0.15) is 18.4 Å². The first kappa shape index (κ1) is 17.0. The molecule has 0 radical (unpaired) electrons. The lowest BCUT2D eigenvalue weighted by molar-refractivity contribution is -0.140. The number of aryl methyl sites for hydroxylation is 1. The van der Waals surface area contributed by atoms with Crippen molar-refractivity contribution in [1.29, 1.82) is 0 Å². The first-order valence-electron chi connectivity index (χ1n) is 7.78. The SMILES string of the molecule is Cc1ccc2nc(N3CCCC(C(=O)NCC(F)(F)F)C3)sc2c1. The Morgan fingerprint density at radius 2 is 2.25 bits per heavy atom. The first-order valence-corrected chi connectivity index (χ1v) is 8.60. The molecule has 8 heteroatoms. The molecule has 24 heavy (non-hydrogen) atoms. The molecular weight excluding hydrogens is 339 g/mol. The van der Waals surface area contributed by atoms with Gasteiger partial charge in [0.25, 0.3) is 0 Å². The number of fused-ring (bicyclic) bond motifs is 1. The number of nitrogens with one attached hydrogen (secondary N) is 1. The van der Waals surface area contributed by atoms with Crippen molar-refractivity contribution in [2.45, 2.75) is 25.9 Å². The van der Waals surface area contributed by atoms with Gasteiger partial charge in [0.2, 0.25) is 5.91 Å². The van der Waals surface area contributed by atoms with Crippen LogP contribution in [0.3, 0.4) is 0 Å². The van der Waals surface area contributed by atoms with Gasteiger partial charge in [0.15, 0.2) is 5.13 Å². The van der Waals surface area contributed by atoms with E-state index in [1.807, 2.05) is 29.3 Å². The van der Waals surface area contributed by atoms with Crippen LogP contribution in [-0.2, 0) is 4.79 Å². The number of amides is 1. The molecule has 1 N–H and O–H groups in total. The largest absolute Gasteiger partial charge is 0.405 e. The number of thiazole rings is 1. The highest BCUT2D eigenvalue weighted by atomic mass is 32.1. The smallest absolute Gasteiger partial charge is 0.347 e. The molecule has 0 saturated carbocycles. The van der Waals surface area contributed by atoms with E-state index in [0.717, 1.165) is 33.9 Å². The molecule has 2 heterocycles. The molecule has 3 rings (SSSR count). The fourth-order valence-corrected chi connectivity index (χ4v) is 3.95.